The minimum atomic E-state index is 0.875. The summed E-state index contributed by atoms with van der Waals surface area (Å²) in [7, 11) is 1.99. The molecule has 0 spiro atoms. The Bertz CT molecular complexity index is 299. The lowest BCUT2D eigenvalue weighted by molar-refractivity contribution is 0.938. The molecule has 1 heterocycles. The molecule has 0 saturated carbocycles. The Morgan fingerprint density at radius 2 is 2.42 bits per heavy atom. The number of hydrogen-bond donors (Lipinski definition) is 0. The highest BCUT2D eigenvalue weighted by Crippen LogP contribution is 2.09. The third-order valence-electron chi connectivity index (χ3n) is 1.78. The van der Waals surface area contributed by atoms with E-state index in [0.717, 1.165) is 17.9 Å². The van der Waals surface area contributed by atoms with Gasteiger partial charge in [0.1, 0.15) is 5.82 Å². The maximum absolute atomic E-state index is 5.26. The first-order valence-electron chi connectivity index (χ1n) is 3.91. The predicted octanol–water partition coefficient (Wildman–Crippen LogP) is 1.52. The maximum atomic E-state index is 5.26. The van der Waals surface area contributed by atoms with E-state index in [9.17, 15) is 0 Å². The van der Waals surface area contributed by atoms with Crippen molar-refractivity contribution in [2.45, 2.75) is 6.92 Å². The van der Waals surface area contributed by atoms with Gasteiger partial charge in [-0.3, -0.25) is 0 Å². The van der Waals surface area contributed by atoms with Crippen LogP contribution in [0, 0.1) is 12.3 Å². The second kappa shape index (κ2) is 3.77. The van der Waals surface area contributed by atoms with E-state index >= 15 is 0 Å². The van der Waals surface area contributed by atoms with E-state index in [2.05, 4.69) is 17.8 Å². The average molecular weight is 160 g/mol. The van der Waals surface area contributed by atoms with Crippen molar-refractivity contribution in [3.05, 3.63) is 23.9 Å². The van der Waals surface area contributed by atoms with Gasteiger partial charge in [-0.05, 0) is 19.1 Å². The minimum Gasteiger partial charge on any atom is -0.360 e. The van der Waals surface area contributed by atoms with Crippen LogP contribution >= 0.6 is 0 Å². The summed E-state index contributed by atoms with van der Waals surface area (Å²) >= 11 is 0. The first-order valence-corrected chi connectivity index (χ1v) is 3.91. The molecule has 0 N–H and O–H groups in total. The molecule has 1 aromatic rings. The SMILES string of the molecule is C#Cc1ccnc(N(C)CC)c1. The van der Waals surface area contributed by atoms with Crippen LogP contribution in [0.3, 0.4) is 0 Å². The molecule has 0 aliphatic rings. The molecule has 0 aliphatic carbocycles. The molecule has 0 radical (unpaired) electrons. The molecule has 0 aliphatic heterocycles. The molecule has 2 heteroatoms. The first-order chi connectivity index (χ1) is 5.77. The lowest BCUT2D eigenvalue weighted by Crippen LogP contribution is -2.16. The van der Waals surface area contributed by atoms with E-state index in [1.165, 1.54) is 0 Å². The number of terminal acetylenes is 1. The van der Waals surface area contributed by atoms with Gasteiger partial charge in [0, 0.05) is 25.4 Å². The zero-order valence-electron chi connectivity index (χ0n) is 7.41. The molecular weight excluding hydrogens is 148 g/mol. The standard InChI is InChI=1S/C10H12N2/c1-4-9-6-7-11-10(8-9)12(3)5-2/h1,6-8H,5H2,2-3H3. The summed E-state index contributed by atoms with van der Waals surface area (Å²) in [6, 6.07) is 3.73. The Labute approximate surface area is 73.2 Å². The third-order valence-corrected chi connectivity index (χ3v) is 1.78. The van der Waals surface area contributed by atoms with Crippen molar-refractivity contribution in [3.8, 4) is 12.3 Å². The summed E-state index contributed by atoms with van der Waals surface area (Å²) in [6.45, 7) is 3.01. The van der Waals surface area contributed by atoms with Crippen LogP contribution in [0.25, 0.3) is 0 Å². The van der Waals surface area contributed by atoms with E-state index in [0.29, 0.717) is 0 Å². The average Bonchev–Trinajstić information content (AvgIpc) is 2.17. The second-order valence-corrected chi connectivity index (χ2v) is 2.56. The summed E-state index contributed by atoms with van der Waals surface area (Å²) in [5, 5.41) is 0. The highest BCUT2D eigenvalue weighted by Gasteiger charge is 1.98. The maximum Gasteiger partial charge on any atom is 0.129 e. The van der Waals surface area contributed by atoms with E-state index in [4.69, 9.17) is 6.42 Å². The van der Waals surface area contributed by atoms with Gasteiger partial charge in [0.05, 0.1) is 0 Å². The van der Waals surface area contributed by atoms with Crippen LogP contribution in [-0.4, -0.2) is 18.6 Å². The zero-order valence-corrected chi connectivity index (χ0v) is 7.41. The van der Waals surface area contributed by atoms with Crippen molar-refractivity contribution < 1.29 is 0 Å². The van der Waals surface area contributed by atoms with Crippen LogP contribution in [0.5, 0.6) is 0 Å². The highest BCUT2D eigenvalue weighted by molar-refractivity contribution is 5.45. The van der Waals surface area contributed by atoms with E-state index in [1.807, 2.05) is 24.1 Å². The lowest BCUT2D eigenvalue weighted by Gasteiger charge is -2.14. The largest absolute Gasteiger partial charge is 0.360 e. The van der Waals surface area contributed by atoms with Gasteiger partial charge in [0.15, 0.2) is 0 Å². The molecule has 62 valence electrons. The number of anilines is 1. The fraction of sp³-hybridized carbons (Fsp3) is 0.300. The predicted molar refractivity (Wildman–Crippen MR) is 51.1 cm³/mol. The molecule has 1 rings (SSSR count). The number of aromatic nitrogens is 1. The van der Waals surface area contributed by atoms with E-state index in [1.54, 1.807) is 6.20 Å². The van der Waals surface area contributed by atoms with Crippen molar-refractivity contribution >= 4 is 5.82 Å². The van der Waals surface area contributed by atoms with Gasteiger partial charge in [-0.2, -0.15) is 0 Å². The van der Waals surface area contributed by atoms with Crippen LogP contribution in [-0.2, 0) is 0 Å². The van der Waals surface area contributed by atoms with Gasteiger partial charge in [-0.15, -0.1) is 6.42 Å². The molecule has 1 aromatic heterocycles. The quantitative estimate of drug-likeness (QED) is 0.610. The van der Waals surface area contributed by atoms with Crippen LogP contribution < -0.4 is 4.90 Å². The third kappa shape index (κ3) is 1.76. The summed E-state index contributed by atoms with van der Waals surface area (Å²) in [6.07, 6.45) is 7.00. The first kappa shape index (κ1) is 8.61. The van der Waals surface area contributed by atoms with Gasteiger partial charge >= 0.3 is 0 Å². The molecule has 0 atom stereocenters. The Morgan fingerprint density at radius 1 is 1.67 bits per heavy atom. The van der Waals surface area contributed by atoms with E-state index < -0.39 is 0 Å². The number of nitrogens with zero attached hydrogens (tertiary/aromatic N) is 2. The lowest BCUT2D eigenvalue weighted by atomic mass is 10.3. The van der Waals surface area contributed by atoms with Gasteiger partial charge in [-0.1, -0.05) is 5.92 Å². The molecule has 2 nitrogen and oxygen atoms in total. The van der Waals surface area contributed by atoms with Gasteiger partial charge in [-0.25, -0.2) is 4.98 Å². The second-order valence-electron chi connectivity index (χ2n) is 2.56. The molecule has 0 aromatic carbocycles. The fourth-order valence-electron chi connectivity index (χ4n) is 0.879. The highest BCUT2D eigenvalue weighted by atomic mass is 15.1. The zero-order chi connectivity index (χ0) is 8.97. The Balaban J connectivity index is 2.95. The Kier molecular flexibility index (Phi) is 2.71. The van der Waals surface area contributed by atoms with Gasteiger partial charge < -0.3 is 4.90 Å². The van der Waals surface area contributed by atoms with Crippen LogP contribution in [0.2, 0.25) is 0 Å². The molecule has 0 amide bonds. The van der Waals surface area contributed by atoms with Gasteiger partial charge in [0.2, 0.25) is 0 Å². The molecular formula is C10H12N2. The molecule has 0 unspecified atom stereocenters. The molecule has 0 saturated heterocycles. The minimum absolute atomic E-state index is 0.875. The number of hydrogen-bond acceptors (Lipinski definition) is 2. The van der Waals surface area contributed by atoms with Crippen molar-refractivity contribution in [1.29, 1.82) is 0 Å². The Morgan fingerprint density at radius 3 is 3.00 bits per heavy atom. The van der Waals surface area contributed by atoms with Crippen molar-refractivity contribution in [2.75, 3.05) is 18.5 Å². The van der Waals surface area contributed by atoms with Crippen LogP contribution in [0.4, 0.5) is 5.82 Å². The number of pyridine rings is 1. The Hall–Kier alpha value is -1.49. The summed E-state index contributed by atoms with van der Waals surface area (Å²) in [4.78, 5) is 6.23. The van der Waals surface area contributed by atoms with Crippen molar-refractivity contribution in [2.24, 2.45) is 0 Å². The topological polar surface area (TPSA) is 16.1 Å². The van der Waals surface area contributed by atoms with Crippen molar-refractivity contribution in [3.63, 3.8) is 0 Å². The normalized spacial score (nSPS) is 9.08. The molecule has 0 fully saturated rings. The summed E-state index contributed by atoms with van der Waals surface area (Å²) < 4.78 is 0. The van der Waals surface area contributed by atoms with Crippen molar-refractivity contribution in [1.82, 2.24) is 4.98 Å². The van der Waals surface area contributed by atoms with Crippen LogP contribution in [0.15, 0.2) is 18.3 Å². The summed E-state index contributed by atoms with van der Waals surface area (Å²) in [5.74, 6) is 3.50. The van der Waals surface area contributed by atoms with Gasteiger partial charge in [0.25, 0.3) is 0 Å². The summed E-state index contributed by atoms with van der Waals surface area (Å²) in [5.41, 5.74) is 0.875. The smallest absolute Gasteiger partial charge is 0.129 e. The molecule has 0 bridgehead atoms. The van der Waals surface area contributed by atoms with E-state index in [-0.39, 0.29) is 0 Å². The van der Waals surface area contributed by atoms with Crippen LogP contribution in [0.1, 0.15) is 12.5 Å². The molecule has 12 heavy (non-hydrogen) atoms. The number of rotatable bonds is 2. The monoisotopic (exact) mass is 160 g/mol. The fourth-order valence-corrected chi connectivity index (χ4v) is 0.879.